The molecule has 1 aliphatic rings. The Balaban J connectivity index is 2.42. The molecule has 1 saturated heterocycles. The summed E-state index contributed by atoms with van der Waals surface area (Å²) in [5.74, 6) is -0.0748. The molecule has 0 bridgehead atoms. The molecule has 5 heteroatoms. The van der Waals surface area contributed by atoms with Crippen LogP contribution in [0.2, 0.25) is 0 Å². The van der Waals surface area contributed by atoms with Crippen LogP contribution in [0.1, 0.15) is 33.6 Å². The molecule has 0 N–H and O–H groups in total. The third-order valence-corrected chi connectivity index (χ3v) is 3.24. The van der Waals surface area contributed by atoms with Crippen molar-refractivity contribution in [1.29, 1.82) is 0 Å². The van der Waals surface area contributed by atoms with Crippen LogP contribution in [0.25, 0.3) is 0 Å². The zero-order valence-electron chi connectivity index (χ0n) is 12.4. The second-order valence-corrected chi connectivity index (χ2v) is 4.69. The van der Waals surface area contributed by atoms with Crippen LogP contribution in [0.3, 0.4) is 0 Å². The van der Waals surface area contributed by atoms with Gasteiger partial charge in [-0.15, -0.1) is 0 Å². The van der Waals surface area contributed by atoms with Gasteiger partial charge in [0.2, 0.25) is 0 Å². The second kappa shape index (κ2) is 9.28. The maximum absolute atomic E-state index is 11.8. The number of hydrogen-bond acceptors (Lipinski definition) is 5. The Bertz CT molecular complexity index is 254. The molecule has 5 nitrogen and oxygen atoms in total. The highest BCUT2D eigenvalue weighted by atomic mass is 16.7. The molecule has 0 aromatic carbocycles. The predicted molar refractivity (Wildman–Crippen MR) is 72.8 cm³/mol. The van der Waals surface area contributed by atoms with Crippen LogP contribution in [0, 0.1) is 5.92 Å². The zero-order chi connectivity index (χ0) is 14.1. The van der Waals surface area contributed by atoms with E-state index in [1.54, 1.807) is 0 Å². The molecular weight excluding hydrogens is 246 g/mol. The lowest BCUT2D eigenvalue weighted by Crippen LogP contribution is -2.44. The summed E-state index contributed by atoms with van der Waals surface area (Å²) in [6.45, 7) is 9.96. The van der Waals surface area contributed by atoms with Crippen molar-refractivity contribution >= 4 is 5.97 Å². The van der Waals surface area contributed by atoms with Gasteiger partial charge in [-0.2, -0.15) is 0 Å². The SMILES string of the molecule is CCOC(=O)[C@@H]1CCCN(CC(OCC)OCC)C1. The number of ether oxygens (including phenoxy) is 3. The third kappa shape index (κ3) is 5.89. The fraction of sp³-hybridized carbons (Fsp3) is 0.929. The van der Waals surface area contributed by atoms with Gasteiger partial charge in [-0.25, -0.2) is 0 Å². The van der Waals surface area contributed by atoms with Gasteiger partial charge in [-0.1, -0.05) is 0 Å². The maximum atomic E-state index is 11.8. The van der Waals surface area contributed by atoms with E-state index in [4.69, 9.17) is 14.2 Å². The molecule has 0 saturated carbocycles. The first-order valence-corrected chi connectivity index (χ1v) is 7.33. The third-order valence-electron chi connectivity index (χ3n) is 3.24. The summed E-state index contributed by atoms with van der Waals surface area (Å²) in [5.41, 5.74) is 0. The molecule has 0 radical (unpaired) electrons. The van der Waals surface area contributed by atoms with E-state index in [9.17, 15) is 4.79 Å². The van der Waals surface area contributed by atoms with Gasteiger partial charge in [0.05, 0.1) is 12.5 Å². The summed E-state index contributed by atoms with van der Waals surface area (Å²) in [6.07, 6.45) is 1.74. The van der Waals surface area contributed by atoms with Crippen molar-refractivity contribution in [2.75, 3.05) is 39.5 Å². The van der Waals surface area contributed by atoms with Crippen molar-refractivity contribution in [2.24, 2.45) is 5.92 Å². The summed E-state index contributed by atoms with van der Waals surface area (Å²) in [4.78, 5) is 14.0. The minimum atomic E-state index is -0.198. The van der Waals surface area contributed by atoms with Crippen LogP contribution < -0.4 is 0 Å². The van der Waals surface area contributed by atoms with Crippen LogP contribution in [-0.2, 0) is 19.0 Å². The molecule has 0 unspecified atom stereocenters. The molecule has 0 amide bonds. The van der Waals surface area contributed by atoms with Crippen molar-refractivity contribution < 1.29 is 19.0 Å². The minimum absolute atomic E-state index is 0.00222. The number of piperidine rings is 1. The van der Waals surface area contributed by atoms with Crippen LogP contribution in [0.4, 0.5) is 0 Å². The molecule has 1 atom stereocenters. The highest BCUT2D eigenvalue weighted by molar-refractivity contribution is 5.72. The first-order chi connectivity index (χ1) is 9.21. The number of rotatable bonds is 8. The minimum Gasteiger partial charge on any atom is -0.466 e. The largest absolute Gasteiger partial charge is 0.466 e. The first kappa shape index (κ1) is 16.4. The lowest BCUT2D eigenvalue weighted by Gasteiger charge is -2.33. The van der Waals surface area contributed by atoms with Crippen molar-refractivity contribution in [3.63, 3.8) is 0 Å². The van der Waals surface area contributed by atoms with Gasteiger partial charge in [0.1, 0.15) is 0 Å². The van der Waals surface area contributed by atoms with Gasteiger partial charge in [0.25, 0.3) is 0 Å². The van der Waals surface area contributed by atoms with Crippen molar-refractivity contribution in [3.8, 4) is 0 Å². The Labute approximate surface area is 116 Å². The fourth-order valence-corrected chi connectivity index (χ4v) is 2.41. The standard InChI is InChI=1S/C14H27NO4/c1-4-17-13(18-5-2)11-15-9-7-8-12(10-15)14(16)19-6-3/h12-13H,4-11H2,1-3H3/t12-/m1/s1. The highest BCUT2D eigenvalue weighted by Crippen LogP contribution is 2.18. The Kier molecular flexibility index (Phi) is 8.02. The smallest absolute Gasteiger partial charge is 0.310 e. The molecule has 1 rings (SSSR count). The lowest BCUT2D eigenvalue weighted by molar-refractivity contribution is -0.158. The Morgan fingerprint density at radius 1 is 1.21 bits per heavy atom. The van der Waals surface area contributed by atoms with Gasteiger partial charge in [0.15, 0.2) is 6.29 Å². The number of esters is 1. The van der Waals surface area contributed by atoms with E-state index in [-0.39, 0.29) is 18.2 Å². The maximum Gasteiger partial charge on any atom is 0.310 e. The summed E-state index contributed by atoms with van der Waals surface area (Å²) in [6, 6.07) is 0. The Morgan fingerprint density at radius 3 is 2.47 bits per heavy atom. The van der Waals surface area contributed by atoms with Crippen LogP contribution in [-0.4, -0.2) is 56.6 Å². The van der Waals surface area contributed by atoms with Gasteiger partial charge in [-0.3, -0.25) is 9.69 Å². The van der Waals surface area contributed by atoms with Gasteiger partial charge in [-0.05, 0) is 40.2 Å². The van der Waals surface area contributed by atoms with Crippen LogP contribution >= 0.6 is 0 Å². The summed E-state index contributed by atoms with van der Waals surface area (Å²) in [5, 5.41) is 0. The summed E-state index contributed by atoms with van der Waals surface area (Å²) in [7, 11) is 0. The average molecular weight is 273 g/mol. The molecule has 19 heavy (non-hydrogen) atoms. The molecular formula is C14H27NO4. The second-order valence-electron chi connectivity index (χ2n) is 4.69. The number of carbonyl (C=O) groups is 1. The van der Waals surface area contributed by atoms with E-state index in [1.165, 1.54) is 0 Å². The summed E-state index contributed by atoms with van der Waals surface area (Å²) < 4.78 is 16.2. The van der Waals surface area contributed by atoms with E-state index in [0.717, 1.165) is 32.5 Å². The molecule has 1 heterocycles. The van der Waals surface area contributed by atoms with Crippen molar-refractivity contribution in [1.82, 2.24) is 4.90 Å². The molecule has 0 aromatic heterocycles. The molecule has 0 aromatic rings. The zero-order valence-corrected chi connectivity index (χ0v) is 12.4. The molecule has 0 spiro atoms. The molecule has 112 valence electrons. The van der Waals surface area contributed by atoms with Gasteiger partial charge >= 0.3 is 5.97 Å². The molecule has 1 fully saturated rings. The van der Waals surface area contributed by atoms with Gasteiger partial charge < -0.3 is 14.2 Å². The Morgan fingerprint density at radius 2 is 1.89 bits per heavy atom. The predicted octanol–water partition coefficient (Wildman–Crippen LogP) is 1.66. The Hall–Kier alpha value is -0.650. The lowest BCUT2D eigenvalue weighted by atomic mass is 9.98. The van der Waals surface area contributed by atoms with Crippen LogP contribution in [0.15, 0.2) is 0 Å². The average Bonchev–Trinajstić information content (AvgIpc) is 2.40. The van der Waals surface area contributed by atoms with E-state index >= 15 is 0 Å². The number of carbonyl (C=O) groups excluding carboxylic acids is 1. The topological polar surface area (TPSA) is 48.0 Å². The van der Waals surface area contributed by atoms with E-state index in [0.29, 0.717) is 19.8 Å². The molecule has 1 aliphatic heterocycles. The quantitative estimate of drug-likeness (QED) is 0.497. The first-order valence-electron chi connectivity index (χ1n) is 7.33. The van der Waals surface area contributed by atoms with Gasteiger partial charge in [0, 0.05) is 26.3 Å². The number of likely N-dealkylation sites (tertiary alicyclic amines) is 1. The fourth-order valence-electron chi connectivity index (χ4n) is 2.41. The van der Waals surface area contributed by atoms with E-state index in [1.807, 2.05) is 20.8 Å². The van der Waals surface area contributed by atoms with Crippen molar-refractivity contribution in [3.05, 3.63) is 0 Å². The highest BCUT2D eigenvalue weighted by Gasteiger charge is 2.28. The van der Waals surface area contributed by atoms with Crippen LogP contribution in [0.5, 0.6) is 0 Å². The normalized spacial score (nSPS) is 20.7. The van der Waals surface area contributed by atoms with E-state index in [2.05, 4.69) is 4.90 Å². The summed E-state index contributed by atoms with van der Waals surface area (Å²) >= 11 is 0. The van der Waals surface area contributed by atoms with E-state index < -0.39 is 0 Å². The number of nitrogens with zero attached hydrogens (tertiary/aromatic N) is 1. The molecule has 0 aliphatic carbocycles. The number of hydrogen-bond donors (Lipinski definition) is 0. The monoisotopic (exact) mass is 273 g/mol. The van der Waals surface area contributed by atoms with Crippen molar-refractivity contribution in [2.45, 2.75) is 39.9 Å².